The molecule has 0 amide bonds. The van der Waals surface area contributed by atoms with E-state index in [1.165, 1.54) is 6.07 Å². The molecule has 0 spiro atoms. The molecule has 3 N–H and O–H groups in total. The van der Waals surface area contributed by atoms with Crippen LogP contribution in [0.1, 0.15) is 30.0 Å². The second-order valence-corrected chi connectivity index (χ2v) is 4.57. The molecule has 1 aliphatic heterocycles. The van der Waals surface area contributed by atoms with Gasteiger partial charge in [-0.25, -0.2) is 4.39 Å². The number of hydrogen-bond acceptors (Lipinski definition) is 2. The third-order valence-electron chi connectivity index (χ3n) is 3.56. The van der Waals surface area contributed by atoms with Crippen molar-refractivity contribution >= 4 is 12.4 Å². The van der Waals surface area contributed by atoms with Gasteiger partial charge < -0.3 is 11.1 Å². The second-order valence-electron chi connectivity index (χ2n) is 4.57. The topological polar surface area (TPSA) is 38.0 Å². The molecule has 4 heteroatoms. The molecule has 1 aromatic carbocycles. The van der Waals surface area contributed by atoms with E-state index in [-0.39, 0.29) is 24.3 Å². The average molecular weight is 259 g/mol. The van der Waals surface area contributed by atoms with E-state index in [4.69, 9.17) is 5.73 Å². The quantitative estimate of drug-likeness (QED) is 0.856. The van der Waals surface area contributed by atoms with E-state index < -0.39 is 0 Å². The summed E-state index contributed by atoms with van der Waals surface area (Å²) in [6.45, 7) is 3.85. The molecule has 0 bridgehead atoms. The molecule has 1 fully saturated rings. The third-order valence-corrected chi connectivity index (χ3v) is 3.56. The van der Waals surface area contributed by atoms with Gasteiger partial charge >= 0.3 is 0 Å². The van der Waals surface area contributed by atoms with Gasteiger partial charge in [0.2, 0.25) is 0 Å². The van der Waals surface area contributed by atoms with Crippen LogP contribution in [0.5, 0.6) is 0 Å². The van der Waals surface area contributed by atoms with Crippen LogP contribution in [0.15, 0.2) is 18.2 Å². The molecule has 0 aliphatic carbocycles. The van der Waals surface area contributed by atoms with Gasteiger partial charge in [-0.3, -0.25) is 0 Å². The van der Waals surface area contributed by atoms with Crippen molar-refractivity contribution < 1.29 is 4.39 Å². The van der Waals surface area contributed by atoms with Crippen LogP contribution in [-0.4, -0.2) is 13.1 Å². The van der Waals surface area contributed by atoms with Gasteiger partial charge in [-0.2, -0.15) is 0 Å². The Morgan fingerprint density at radius 2 is 2.00 bits per heavy atom. The molecular weight excluding hydrogens is 239 g/mol. The number of nitrogens with two attached hydrogens (primary N) is 1. The maximum atomic E-state index is 13.4. The van der Waals surface area contributed by atoms with E-state index in [9.17, 15) is 4.39 Å². The Morgan fingerprint density at radius 3 is 2.65 bits per heavy atom. The molecule has 17 heavy (non-hydrogen) atoms. The Hall–Kier alpha value is -0.640. The minimum Gasteiger partial charge on any atom is -0.324 e. The van der Waals surface area contributed by atoms with Crippen molar-refractivity contribution in [2.24, 2.45) is 11.7 Å². The first-order valence-electron chi connectivity index (χ1n) is 5.91. The summed E-state index contributed by atoms with van der Waals surface area (Å²) in [6.07, 6.45) is 2.16. The van der Waals surface area contributed by atoms with Gasteiger partial charge in [-0.1, -0.05) is 12.1 Å². The molecule has 96 valence electrons. The summed E-state index contributed by atoms with van der Waals surface area (Å²) in [6, 6.07) is 5.16. The summed E-state index contributed by atoms with van der Waals surface area (Å²) >= 11 is 0. The maximum absolute atomic E-state index is 13.4. The summed E-state index contributed by atoms with van der Waals surface area (Å²) in [7, 11) is 0. The van der Waals surface area contributed by atoms with Crippen LogP contribution >= 0.6 is 12.4 Å². The lowest BCUT2D eigenvalue weighted by Gasteiger charge is -2.29. The van der Waals surface area contributed by atoms with Crippen LogP contribution in [0.4, 0.5) is 4.39 Å². The van der Waals surface area contributed by atoms with Crippen LogP contribution in [0.2, 0.25) is 0 Å². The normalized spacial score (nSPS) is 18.5. The zero-order valence-electron chi connectivity index (χ0n) is 10.1. The minimum atomic E-state index is -0.151. The van der Waals surface area contributed by atoms with Gasteiger partial charge in [0.25, 0.3) is 0 Å². The Morgan fingerprint density at radius 1 is 1.35 bits per heavy atom. The van der Waals surface area contributed by atoms with Gasteiger partial charge in [0, 0.05) is 6.04 Å². The lowest BCUT2D eigenvalue weighted by molar-refractivity contribution is 0.321. The highest BCUT2D eigenvalue weighted by atomic mass is 35.5. The highest BCUT2D eigenvalue weighted by molar-refractivity contribution is 5.85. The third kappa shape index (κ3) is 3.18. The van der Waals surface area contributed by atoms with Gasteiger partial charge in [0.15, 0.2) is 0 Å². The summed E-state index contributed by atoms with van der Waals surface area (Å²) in [5.41, 5.74) is 7.91. The minimum absolute atomic E-state index is 0. The molecule has 0 saturated carbocycles. The van der Waals surface area contributed by atoms with Crippen LogP contribution in [0, 0.1) is 18.7 Å². The molecular formula is C13H20ClFN2. The van der Waals surface area contributed by atoms with E-state index in [1.54, 1.807) is 6.07 Å². The molecule has 2 nitrogen and oxygen atoms in total. The summed E-state index contributed by atoms with van der Waals surface area (Å²) in [4.78, 5) is 0. The van der Waals surface area contributed by atoms with Crippen LogP contribution in [0.3, 0.4) is 0 Å². The SMILES string of the molecule is Cc1c(F)cccc1[C@H](N)C1CCNCC1.Cl. The predicted molar refractivity (Wildman–Crippen MR) is 70.9 cm³/mol. The predicted octanol–water partition coefficient (Wildman–Crippen LogP) is 2.56. The van der Waals surface area contributed by atoms with E-state index in [2.05, 4.69) is 5.32 Å². The fourth-order valence-electron chi connectivity index (χ4n) is 2.44. The van der Waals surface area contributed by atoms with Crippen molar-refractivity contribution in [3.63, 3.8) is 0 Å². The van der Waals surface area contributed by atoms with Gasteiger partial charge in [0.05, 0.1) is 0 Å². The molecule has 1 heterocycles. The molecule has 1 aromatic rings. The summed E-state index contributed by atoms with van der Waals surface area (Å²) in [5.74, 6) is 0.323. The standard InChI is InChI=1S/C13H19FN2.ClH/c1-9-11(3-2-4-12(9)14)13(15)10-5-7-16-8-6-10;/h2-4,10,13,16H,5-8,15H2,1H3;1H/t13-;/m1./s1. The van der Waals surface area contributed by atoms with Crippen molar-refractivity contribution in [2.45, 2.75) is 25.8 Å². The summed E-state index contributed by atoms with van der Waals surface area (Å²) in [5, 5.41) is 3.32. The van der Waals surface area contributed by atoms with Crippen LogP contribution in [0.25, 0.3) is 0 Å². The van der Waals surface area contributed by atoms with Gasteiger partial charge in [-0.15, -0.1) is 12.4 Å². The molecule has 0 aromatic heterocycles. The van der Waals surface area contributed by atoms with Gasteiger partial charge in [0.1, 0.15) is 5.82 Å². The monoisotopic (exact) mass is 258 g/mol. The lowest BCUT2D eigenvalue weighted by Crippen LogP contribution is -2.34. The Labute approximate surface area is 108 Å². The fraction of sp³-hybridized carbons (Fsp3) is 0.538. The largest absolute Gasteiger partial charge is 0.324 e. The number of nitrogens with one attached hydrogen (secondary N) is 1. The van der Waals surface area contributed by atoms with Crippen LogP contribution in [-0.2, 0) is 0 Å². The maximum Gasteiger partial charge on any atom is 0.126 e. The van der Waals surface area contributed by atoms with Crippen molar-refractivity contribution in [1.29, 1.82) is 0 Å². The molecule has 0 radical (unpaired) electrons. The number of rotatable bonds is 2. The molecule has 1 atom stereocenters. The Balaban J connectivity index is 0.00000144. The van der Waals surface area contributed by atoms with Crippen molar-refractivity contribution in [2.75, 3.05) is 13.1 Å². The zero-order chi connectivity index (χ0) is 11.5. The molecule has 0 unspecified atom stereocenters. The Bertz CT molecular complexity index is 364. The van der Waals surface area contributed by atoms with Crippen molar-refractivity contribution in [3.8, 4) is 0 Å². The highest BCUT2D eigenvalue weighted by Gasteiger charge is 2.23. The lowest BCUT2D eigenvalue weighted by atomic mass is 9.85. The number of hydrogen-bond donors (Lipinski definition) is 2. The highest BCUT2D eigenvalue weighted by Crippen LogP contribution is 2.29. The van der Waals surface area contributed by atoms with E-state index in [1.807, 2.05) is 13.0 Å². The van der Waals surface area contributed by atoms with E-state index in [0.29, 0.717) is 11.5 Å². The number of benzene rings is 1. The number of piperidine rings is 1. The smallest absolute Gasteiger partial charge is 0.126 e. The van der Waals surface area contributed by atoms with Crippen LogP contribution < -0.4 is 11.1 Å². The Kier molecular flexibility index (Phi) is 5.37. The van der Waals surface area contributed by atoms with Crippen molar-refractivity contribution in [3.05, 3.63) is 35.1 Å². The average Bonchev–Trinajstić information content (AvgIpc) is 2.33. The van der Waals surface area contributed by atoms with E-state index >= 15 is 0 Å². The summed E-state index contributed by atoms with van der Waals surface area (Å²) < 4.78 is 13.4. The molecule has 1 saturated heterocycles. The first-order valence-corrected chi connectivity index (χ1v) is 5.91. The zero-order valence-corrected chi connectivity index (χ0v) is 10.9. The number of halogens is 2. The second kappa shape index (κ2) is 6.34. The van der Waals surface area contributed by atoms with Crippen molar-refractivity contribution in [1.82, 2.24) is 5.32 Å². The fourth-order valence-corrected chi connectivity index (χ4v) is 2.44. The molecule has 1 aliphatic rings. The van der Waals surface area contributed by atoms with E-state index in [0.717, 1.165) is 31.5 Å². The first-order chi connectivity index (χ1) is 7.70. The van der Waals surface area contributed by atoms with Gasteiger partial charge in [-0.05, 0) is 56.0 Å². The first kappa shape index (κ1) is 14.4. The molecule has 2 rings (SSSR count).